The molecule has 0 unspecified atom stereocenters. The molecule has 0 saturated heterocycles. The summed E-state index contributed by atoms with van der Waals surface area (Å²) in [5.74, 6) is 0. The fourth-order valence-electron chi connectivity index (χ4n) is 8.33. The van der Waals surface area contributed by atoms with Crippen LogP contribution in [0.2, 0.25) is 0 Å². The number of hydrogen-bond acceptors (Lipinski definition) is 6. The molecule has 61 heavy (non-hydrogen) atoms. The molecule has 1 nitrogen and oxygen atoms in total. The number of fused-ring (bicyclic) bond motifs is 2. The van der Waals surface area contributed by atoms with E-state index in [2.05, 4.69) is 147 Å². The SMILES string of the molecule is CCCCCCc1ccc(-c2ccc(-c3cc(/C=C/c4ccc5ccccc5c4-c4c(C=O)ccc5ccccc45)c(-c4ccc(-c5ccc(CCCCCC)s5)s4)s3)s2)s1. The highest BCUT2D eigenvalue weighted by atomic mass is 32.1. The van der Waals surface area contributed by atoms with Gasteiger partial charge in [0.1, 0.15) is 0 Å². The zero-order chi connectivity index (χ0) is 41.5. The number of carbonyl (C=O) groups excluding carboxylic acids is 1. The van der Waals surface area contributed by atoms with E-state index in [1.165, 1.54) is 119 Å². The Hall–Kier alpha value is -4.69. The third-order valence-electron chi connectivity index (χ3n) is 11.5. The molecular weight excluding hydrogens is 837 g/mol. The lowest BCUT2D eigenvalue weighted by molar-refractivity contribution is 0.112. The number of aldehydes is 1. The lowest BCUT2D eigenvalue weighted by Gasteiger charge is -2.16. The Labute approximate surface area is 380 Å². The zero-order valence-electron chi connectivity index (χ0n) is 34.9. The summed E-state index contributed by atoms with van der Waals surface area (Å²) >= 11 is 9.63. The first-order valence-electron chi connectivity index (χ1n) is 21.8. The van der Waals surface area contributed by atoms with E-state index in [0.29, 0.717) is 5.56 Å². The Kier molecular flexibility index (Phi) is 13.4. The van der Waals surface area contributed by atoms with Crippen molar-refractivity contribution in [3.8, 4) is 50.1 Å². The van der Waals surface area contributed by atoms with Crippen molar-refractivity contribution in [1.82, 2.24) is 0 Å². The molecule has 0 radical (unpaired) electrons. The second-order valence-electron chi connectivity index (χ2n) is 15.8. The summed E-state index contributed by atoms with van der Waals surface area (Å²) in [5.41, 5.74) is 5.09. The quantitative estimate of drug-likeness (QED) is 0.0620. The fraction of sp³-hybridized carbons (Fsp3) is 0.218. The number of unbranched alkanes of at least 4 members (excludes halogenated alkanes) is 6. The van der Waals surface area contributed by atoms with E-state index in [4.69, 9.17) is 0 Å². The van der Waals surface area contributed by atoms with E-state index in [1.54, 1.807) is 0 Å². The molecule has 5 heterocycles. The molecule has 0 saturated carbocycles. The van der Waals surface area contributed by atoms with Gasteiger partial charge >= 0.3 is 0 Å². The molecule has 0 aliphatic carbocycles. The van der Waals surface area contributed by atoms with Gasteiger partial charge in [-0.25, -0.2) is 0 Å². The Balaban J connectivity index is 1.11. The minimum atomic E-state index is 0.704. The van der Waals surface area contributed by atoms with Crippen LogP contribution in [0.3, 0.4) is 0 Å². The molecule has 4 aromatic carbocycles. The summed E-state index contributed by atoms with van der Waals surface area (Å²) in [6.07, 6.45) is 18.3. The van der Waals surface area contributed by atoms with Gasteiger partial charge in [0.25, 0.3) is 0 Å². The van der Waals surface area contributed by atoms with Gasteiger partial charge in [0.05, 0.1) is 4.88 Å². The van der Waals surface area contributed by atoms with E-state index in [-0.39, 0.29) is 0 Å². The van der Waals surface area contributed by atoms with Gasteiger partial charge in [-0.05, 0) is 119 Å². The highest BCUT2D eigenvalue weighted by Gasteiger charge is 2.19. The van der Waals surface area contributed by atoms with E-state index < -0.39 is 0 Å². The molecule has 306 valence electrons. The van der Waals surface area contributed by atoms with Crippen LogP contribution in [0.4, 0.5) is 0 Å². The smallest absolute Gasteiger partial charge is 0.150 e. The Morgan fingerprint density at radius 1 is 0.410 bits per heavy atom. The van der Waals surface area contributed by atoms with Crippen LogP contribution >= 0.6 is 56.7 Å². The molecule has 0 bridgehead atoms. The van der Waals surface area contributed by atoms with Crippen molar-refractivity contribution in [3.63, 3.8) is 0 Å². The van der Waals surface area contributed by atoms with E-state index >= 15 is 0 Å². The predicted octanol–water partition coefficient (Wildman–Crippen LogP) is 18.9. The van der Waals surface area contributed by atoms with Crippen molar-refractivity contribution in [2.75, 3.05) is 0 Å². The maximum Gasteiger partial charge on any atom is 0.150 e. The fourth-order valence-corrected chi connectivity index (χ4v) is 14.0. The predicted molar refractivity (Wildman–Crippen MR) is 274 cm³/mol. The Bertz CT molecular complexity index is 2940. The number of hydrogen-bond donors (Lipinski definition) is 0. The minimum absolute atomic E-state index is 0.704. The second-order valence-corrected chi connectivity index (χ2v) is 21.4. The first-order chi connectivity index (χ1) is 30.1. The normalized spacial score (nSPS) is 11.8. The first-order valence-corrected chi connectivity index (χ1v) is 25.9. The third kappa shape index (κ3) is 9.26. The molecule has 0 aliphatic heterocycles. The van der Waals surface area contributed by atoms with Gasteiger partial charge in [0, 0.05) is 55.0 Å². The van der Waals surface area contributed by atoms with Gasteiger partial charge in [0.2, 0.25) is 0 Å². The van der Waals surface area contributed by atoms with Gasteiger partial charge in [-0.2, -0.15) is 0 Å². The first kappa shape index (κ1) is 41.7. The van der Waals surface area contributed by atoms with Crippen molar-refractivity contribution in [3.05, 3.63) is 154 Å². The molecule has 0 aliphatic rings. The number of thiophene rings is 5. The molecule has 0 atom stereocenters. The van der Waals surface area contributed by atoms with Crippen LogP contribution in [0.1, 0.15) is 96.5 Å². The lowest BCUT2D eigenvalue weighted by atomic mass is 9.87. The maximum atomic E-state index is 12.7. The van der Waals surface area contributed by atoms with Crippen molar-refractivity contribution in [1.29, 1.82) is 0 Å². The standard InChI is InChI=1S/C55H50OS5/c1-3-5-7-9-17-42-27-29-46(57-42)48-31-32-50(59-48)52-35-40(55(61-52)51-34-33-49(60-51)47-30-28-43(58-47)18-10-8-6-4-2)25-24-39-23-21-37-15-11-13-19-44(37)53(39)54-41(36-56)26-22-38-16-12-14-20-45(38)54/h11-16,19-36H,3-10,17-18H2,1-2H3/b25-24+. The van der Waals surface area contributed by atoms with Crippen LogP contribution in [0.25, 0.3) is 83.8 Å². The Morgan fingerprint density at radius 2 is 0.885 bits per heavy atom. The van der Waals surface area contributed by atoms with Crippen LogP contribution in [0.5, 0.6) is 0 Å². The van der Waals surface area contributed by atoms with E-state index in [1.807, 2.05) is 62.8 Å². The zero-order valence-corrected chi connectivity index (χ0v) is 39.0. The van der Waals surface area contributed by atoms with Crippen molar-refractivity contribution in [2.24, 2.45) is 0 Å². The number of rotatable bonds is 18. The van der Waals surface area contributed by atoms with Gasteiger partial charge in [-0.15, -0.1) is 56.7 Å². The summed E-state index contributed by atoms with van der Waals surface area (Å²) in [6, 6.07) is 46.5. The summed E-state index contributed by atoms with van der Waals surface area (Å²) < 4.78 is 0. The topological polar surface area (TPSA) is 17.1 Å². The van der Waals surface area contributed by atoms with Crippen LogP contribution < -0.4 is 0 Å². The molecule has 0 N–H and O–H groups in total. The summed E-state index contributed by atoms with van der Waals surface area (Å²) in [6.45, 7) is 4.56. The highest BCUT2D eigenvalue weighted by molar-refractivity contribution is 7.29. The van der Waals surface area contributed by atoms with E-state index in [0.717, 1.165) is 44.5 Å². The van der Waals surface area contributed by atoms with Gasteiger partial charge < -0.3 is 0 Å². The molecule has 9 aromatic rings. The van der Waals surface area contributed by atoms with Gasteiger partial charge in [-0.1, -0.05) is 137 Å². The molecule has 0 fully saturated rings. The van der Waals surface area contributed by atoms with Crippen LogP contribution in [0.15, 0.2) is 127 Å². The largest absolute Gasteiger partial charge is 0.298 e. The summed E-state index contributed by atoms with van der Waals surface area (Å²) in [5, 5.41) is 4.51. The number of aryl methyl sites for hydroxylation is 2. The maximum absolute atomic E-state index is 12.7. The Morgan fingerprint density at radius 3 is 1.48 bits per heavy atom. The molecule has 6 heteroatoms. The molecule has 9 rings (SSSR count). The summed E-state index contributed by atoms with van der Waals surface area (Å²) in [7, 11) is 0. The lowest BCUT2D eigenvalue weighted by Crippen LogP contribution is -1.94. The number of carbonyl (C=O) groups is 1. The summed E-state index contributed by atoms with van der Waals surface area (Å²) in [4.78, 5) is 26.3. The average molecular weight is 887 g/mol. The molecule has 5 aromatic heterocycles. The second kappa shape index (κ2) is 19.6. The number of benzene rings is 4. The minimum Gasteiger partial charge on any atom is -0.298 e. The third-order valence-corrected chi connectivity index (χ3v) is 17.9. The van der Waals surface area contributed by atoms with Gasteiger partial charge in [-0.3, -0.25) is 4.79 Å². The van der Waals surface area contributed by atoms with Crippen molar-refractivity contribution in [2.45, 2.75) is 78.1 Å². The molecule has 0 spiro atoms. The monoisotopic (exact) mass is 886 g/mol. The van der Waals surface area contributed by atoms with Crippen molar-refractivity contribution >= 4 is 96.7 Å². The van der Waals surface area contributed by atoms with Crippen LogP contribution in [-0.4, -0.2) is 6.29 Å². The van der Waals surface area contributed by atoms with Crippen molar-refractivity contribution < 1.29 is 4.79 Å². The van der Waals surface area contributed by atoms with Crippen LogP contribution in [0, 0.1) is 0 Å². The highest BCUT2D eigenvalue weighted by Crippen LogP contribution is 2.48. The van der Waals surface area contributed by atoms with Crippen LogP contribution in [-0.2, 0) is 12.8 Å². The molecular formula is C55H50OS5. The van der Waals surface area contributed by atoms with E-state index in [9.17, 15) is 4.79 Å². The average Bonchev–Trinajstić information content (AvgIpc) is 4.16. The molecule has 0 amide bonds. The van der Waals surface area contributed by atoms with Gasteiger partial charge in [0.15, 0.2) is 6.29 Å².